The maximum atomic E-state index is 12.4. The molecule has 0 fully saturated rings. The molecule has 1 heterocycles. The van der Waals surface area contributed by atoms with E-state index in [1.165, 1.54) is 4.88 Å². The summed E-state index contributed by atoms with van der Waals surface area (Å²) >= 11 is 7.89. The highest BCUT2D eigenvalue weighted by Gasteiger charge is 2.17. The van der Waals surface area contributed by atoms with Gasteiger partial charge in [-0.05, 0) is 35.6 Å². The van der Waals surface area contributed by atoms with Crippen molar-refractivity contribution < 1.29 is 4.79 Å². The quantitative estimate of drug-likeness (QED) is 0.604. The monoisotopic (exact) mass is 384 g/mol. The second-order valence-corrected chi connectivity index (χ2v) is 7.44. The Kier molecular flexibility index (Phi) is 6.45. The van der Waals surface area contributed by atoms with E-state index < -0.39 is 0 Å². The molecule has 0 spiro atoms. The van der Waals surface area contributed by atoms with Gasteiger partial charge in [-0.2, -0.15) is 0 Å². The summed E-state index contributed by atoms with van der Waals surface area (Å²) in [6.45, 7) is 2.17. The van der Waals surface area contributed by atoms with Crippen LogP contribution in [-0.4, -0.2) is 12.5 Å². The van der Waals surface area contributed by atoms with Crippen molar-refractivity contribution in [2.24, 2.45) is 0 Å². The Labute approximate surface area is 163 Å². The fourth-order valence-electron chi connectivity index (χ4n) is 2.88. The van der Waals surface area contributed by atoms with Gasteiger partial charge < -0.3 is 5.32 Å². The van der Waals surface area contributed by atoms with E-state index in [4.69, 9.17) is 11.6 Å². The summed E-state index contributed by atoms with van der Waals surface area (Å²) < 4.78 is 0. The summed E-state index contributed by atoms with van der Waals surface area (Å²) in [4.78, 5) is 13.6. The average Bonchev–Trinajstić information content (AvgIpc) is 3.17. The molecule has 1 amide bonds. The van der Waals surface area contributed by atoms with Crippen LogP contribution in [0.1, 0.15) is 35.0 Å². The van der Waals surface area contributed by atoms with Crippen molar-refractivity contribution in [2.45, 2.75) is 19.0 Å². The van der Waals surface area contributed by atoms with Crippen LogP contribution in [0.3, 0.4) is 0 Å². The Balaban J connectivity index is 1.64. The molecule has 0 radical (unpaired) electrons. The second-order valence-electron chi connectivity index (χ2n) is 6.05. The van der Waals surface area contributed by atoms with Gasteiger partial charge in [-0.15, -0.1) is 11.3 Å². The summed E-state index contributed by atoms with van der Waals surface area (Å²) in [6, 6.07) is 21.7. The van der Waals surface area contributed by atoms with Gasteiger partial charge in [0, 0.05) is 9.90 Å². The molecule has 0 bridgehead atoms. The van der Waals surface area contributed by atoms with Crippen LogP contribution < -0.4 is 10.6 Å². The van der Waals surface area contributed by atoms with Gasteiger partial charge in [-0.1, -0.05) is 66.2 Å². The van der Waals surface area contributed by atoms with Gasteiger partial charge in [0.1, 0.15) is 0 Å². The summed E-state index contributed by atoms with van der Waals surface area (Å²) in [5.41, 5.74) is 2.06. The van der Waals surface area contributed by atoms with Crippen LogP contribution in [0.4, 0.5) is 0 Å². The van der Waals surface area contributed by atoms with Gasteiger partial charge in [0.25, 0.3) is 0 Å². The summed E-state index contributed by atoms with van der Waals surface area (Å²) in [5, 5.41) is 9.09. The van der Waals surface area contributed by atoms with Crippen LogP contribution in [0, 0.1) is 0 Å². The molecule has 2 aromatic carbocycles. The Hall–Kier alpha value is -2.14. The number of benzene rings is 2. The van der Waals surface area contributed by atoms with Gasteiger partial charge in [-0.25, -0.2) is 0 Å². The zero-order valence-corrected chi connectivity index (χ0v) is 16.1. The first-order chi connectivity index (χ1) is 12.6. The van der Waals surface area contributed by atoms with E-state index in [0.29, 0.717) is 5.02 Å². The third-order valence-electron chi connectivity index (χ3n) is 4.18. The molecule has 0 saturated carbocycles. The molecule has 3 rings (SSSR count). The summed E-state index contributed by atoms with van der Waals surface area (Å²) in [5.74, 6) is -0.0603. The van der Waals surface area contributed by atoms with Gasteiger partial charge in [-0.3, -0.25) is 10.1 Å². The minimum Gasteiger partial charge on any atom is -0.348 e. The van der Waals surface area contributed by atoms with Crippen molar-refractivity contribution in [3.63, 3.8) is 0 Å². The lowest BCUT2D eigenvalue weighted by Crippen LogP contribution is -2.37. The van der Waals surface area contributed by atoms with Gasteiger partial charge >= 0.3 is 0 Å². The highest BCUT2D eigenvalue weighted by atomic mass is 35.5. The molecule has 0 aliphatic rings. The normalized spacial score (nSPS) is 13.2. The lowest BCUT2D eigenvalue weighted by atomic mass is 10.1. The molecule has 0 aliphatic heterocycles. The van der Waals surface area contributed by atoms with E-state index in [1.807, 2.05) is 60.8 Å². The Morgan fingerprint density at radius 3 is 2.46 bits per heavy atom. The Bertz CT molecular complexity index is 836. The van der Waals surface area contributed by atoms with E-state index in [2.05, 4.69) is 28.8 Å². The zero-order valence-electron chi connectivity index (χ0n) is 14.5. The van der Waals surface area contributed by atoms with Crippen molar-refractivity contribution in [3.8, 4) is 0 Å². The van der Waals surface area contributed by atoms with Gasteiger partial charge in [0.15, 0.2) is 0 Å². The van der Waals surface area contributed by atoms with E-state index in [-0.39, 0.29) is 24.5 Å². The number of thiophene rings is 1. The van der Waals surface area contributed by atoms with E-state index in [0.717, 1.165) is 11.1 Å². The molecule has 134 valence electrons. The molecule has 3 aromatic rings. The second kappa shape index (κ2) is 8.99. The number of carbonyl (C=O) groups is 1. The number of halogens is 1. The first-order valence-corrected chi connectivity index (χ1v) is 9.76. The third kappa shape index (κ3) is 4.73. The molecule has 0 saturated heterocycles. The molecular weight excluding hydrogens is 364 g/mol. The van der Waals surface area contributed by atoms with Crippen LogP contribution in [0.2, 0.25) is 5.02 Å². The smallest absolute Gasteiger partial charge is 0.234 e. The van der Waals surface area contributed by atoms with Crippen molar-refractivity contribution in [1.29, 1.82) is 0 Å². The van der Waals surface area contributed by atoms with Crippen LogP contribution in [0.25, 0.3) is 0 Å². The minimum absolute atomic E-state index is 0.00225. The number of rotatable bonds is 7. The number of nitrogens with one attached hydrogen (secondary N) is 2. The fraction of sp³-hybridized carbons (Fsp3) is 0.190. The third-order valence-corrected chi connectivity index (χ3v) is 5.46. The Morgan fingerprint density at radius 1 is 1.04 bits per heavy atom. The number of hydrogen-bond acceptors (Lipinski definition) is 3. The topological polar surface area (TPSA) is 41.1 Å². The van der Waals surface area contributed by atoms with Crippen LogP contribution in [0.5, 0.6) is 0 Å². The number of carbonyl (C=O) groups excluding carboxylic acids is 1. The average molecular weight is 385 g/mol. The maximum Gasteiger partial charge on any atom is 0.234 e. The molecule has 0 aliphatic carbocycles. The molecule has 1 aromatic heterocycles. The number of amides is 1. The molecule has 5 heteroatoms. The molecule has 3 nitrogen and oxygen atoms in total. The lowest BCUT2D eigenvalue weighted by molar-refractivity contribution is -0.120. The van der Waals surface area contributed by atoms with Crippen LogP contribution >= 0.6 is 22.9 Å². The maximum absolute atomic E-state index is 12.4. The molecule has 26 heavy (non-hydrogen) atoms. The SMILES string of the molecule is C[C@H](NC(=O)CN[C@@H](c1ccccc1)c1cccs1)c1ccccc1Cl. The largest absolute Gasteiger partial charge is 0.348 e. The first-order valence-electron chi connectivity index (χ1n) is 8.50. The predicted molar refractivity (Wildman–Crippen MR) is 109 cm³/mol. The Morgan fingerprint density at radius 2 is 1.77 bits per heavy atom. The van der Waals surface area contributed by atoms with E-state index in [1.54, 1.807) is 11.3 Å². The lowest BCUT2D eigenvalue weighted by Gasteiger charge is -2.20. The van der Waals surface area contributed by atoms with Crippen molar-refractivity contribution in [3.05, 3.63) is 93.1 Å². The van der Waals surface area contributed by atoms with Gasteiger partial charge in [0.05, 0.1) is 18.6 Å². The molecule has 0 unspecified atom stereocenters. The fourth-order valence-corrected chi connectivity index (χ4v) is 4.00. The van der Waals surface area contributed by atoms with E-state index in [9.17, 15) is 4.79 Å². The zero-order chi connectivity index (χ0) is 18.4. The highest BCUT2D eigenvalue weighted by Crippen LogP contribution is 2.26. The van der Waals surface area contributed by atoms with Crippen LogP contribution in [-0.2, 0) is 4.79 Å². The standard InChI is InChI=1S/C21H21ClN2OS/c1-15(17-10-5-6-11-18(17)22)24-20(25)14-23-21(19-12-7-13-26-19)16-8-3-2-4-9-16/h2-13,15,21,23H,14H2,1H3,(H,24,25)/t15-,21-/m0/s1. The van der Waals surface area contributed by atoms with Crippen molar-refractivity contribution >= 4 is 28.8 Å². The predicted octanol–water partition coefficient (Wildman–Crippen LogP) is 4.96. The highest BCUT2D eigenvalue weighted by molar-refractivity contribution is 7.10. The molecular formula is C21H21ClN2OS. The summed E-state index contributed by atoms with van der Waals surface area (Å²) in [6.07, 6.45) is 0. The van der Waals surface area contributed by atoms with Crippen molar-refractivity contribution in [2.75, 3.05) is 6.54 Å². The van der Waals surface area contributed by atoms with Crippen molar-refractivity contribution in [1.82, 2.24) is 10.6 Å². The summed E-state index contributed by atoms with van der Waals surface area (Å²) in [7, 11) is 0. The van der Waals surface area contributed by atoms with Crippen LogP contribution in [0.15, 0.2) is 72.1 Å². The van der Waals surface area contributed by atoms with E-state index >= 15 is 0 Å². The first kappa shape index (κ1) is 18.6. The number of hydrogen-bond donors (Lipinski definition) is 2. The molecule has 2 atom stereocenters. The minimum atomic E-state index is -0.144. The molecule has 2 N–H and O–H groups in total. The van der Waals surface area contributed by atoms with Gasteiger partial charge in [0.2, 0.25) is 5.91 Å².